The molecule has 1 aromatic rings. The minimum Gasteiger partial charge on any atom is -0.512 e. The van der Waals surface area contributed by atoms with E-state index in [4.69, 9.17) is 0 Å². The van der Waals surface area contributed by atoms with Gasteiger partial charge in [-0.2, -0.15) is 5.10 Å². The molecule has 0 radical (unpaired) electrons. The van der Waals surface area contributed by atoms with Crippen molar-refractivity contribution in [1.82, 2.24) is 15.6 Å². The van der Waals surface area contributed by atoms with E-state index in [9.17, 15) is 14.7 Å². The first-order valence-electron chi connectivity index (χ1n) is 13.4. The van der Waals surface area contributed by atoms with Gasteiger partial charge in [0.1, 0.15) is 5.70 Å². The largest absolute Gasteiger partial charge is 0.512 e. The van der Waals surface area contributed by atoms with Crippen LogP contribution in [0.4, 0.5) is 0 Å². The molecule has 7 nitrogen and oxygen atoms in total. The normalized spacial score (nSPS) is 20.5. The lowest BCUT2D eigenvalue weighted by Crippen LogP contribution is -2.33. The molecule has 0 fully saturated rings. The minimum absolute atomic E-state index is 0.0755. The van der Waals surface area contributed by atoms with Crippen molar-refractivity contribution in [1.29, 1.82) is 0 Å². The number of aliphatic hydroxyl groups excluding tert-OH is 1. The number of allylic oxidation sites excluding steroid dienone is 9. The molecule has 2 amide bonds. The van der Waals surface area contributed by atoms with Crippen LogP contribution in [0.1, 0.15) is 64.2 Å². The van der Waals surface area contributed by atoms with Crippen LogP contribution in [0.3, 0.4) is 0 Å². The monoisotopic (exact) mass is 530 g/mol. The summed E-state index contributed by atoms with van der Waals surface area (Å²) in [6.07, 6.45) is 13.0. The van der Waals surface area contributed by atoms with Crippen molar-refractivity contribution in [3.63, 3.8) is 0 Å². The maximum Gasteiger partial charge on any atom is 0.287 e. The molecule has 0 heterocycles. The quantitative estimate of drug-likeness (QED) is 0.135. The number of aliphatic hydroxyl groups is 1. The topological polar surface area (TPSA) is 94.0 Å². The van der Waals surface area contributed by atoms with Gasteiger partial charge in [0, 0.05) is 30.3 Å². The van der Waals surface area contributed by atoms with Crippen LogP contribution in [0, 0.1) is 5.92 Å². The number of carbonyl (C=O) groups is 2. The van der Waals surface area contributed by atoms with Gasteiger partial charge in [-0.1, -0.05) is 43.9 Å². The van der Waals surface area contributed by atoms with Crippen LogP contribution in [0.25, 0.3) is 0 Å². The number of likely N-dealkylation sites (N-methyl/N-ethyl adjacent to an activating group) is 1. The van der Waals surface area contributed by atoms with E-state index in [0.717, 1.165) is 48.3 Å². The highest BCUT2D eigenvalue weighted by atomic mass is 16.3. The zero-order valence-corrected chi connectivity index (χ0v) is 23.8. The second kappa shape index (κ2) is 16.0. The Morgan fingerprint density at radius 1 is 1.18 bits per heavy atom. The Hall–Kier alpha value is -4.13. The Morgan fingerprint density at radius 2 is 1.87 bits per heavy atom. The van der Waals surface area contributed by atoms with Crippen LogP contribution in [-0.2, 0) is 4.79 Å². The number of rotatable bonds is 11. The Labute approximate surface area is 233 Å². The van der Waals surface area contributed by atoms with Gasteiger partial charge in [-0.25, -0.2) is 5.43 Å². The van der Waals surface area contributed by atoms with Crippen molar-refractivity contribution in [2.24, 2.45) is 11.0 Å². The molecule has 1 aliphatic rings. The molecule has 39 heavy (non-hydrogen) atoms. The highest BCUT2D eigenvalue weighted by Crippen LogP contribution is 2.25. The summed E-state index contributed by atoms with van der Waals surface area (Å²) < 4.78 is 0. The number of nitrogens with one attached hydrogen (secondary N) is 2. The third-order valence-electron chi connectivity index (χ3n) is 6.59. The average molecular weight is 531 g/mol. The lowest BCUT2D eigenvalue weighted by atomic mass is 9.92. The van der Waals surface area contributed by atoms with Crippen molar-refractivity contribution >= 4 is 18.0 Å². The molecular weight excluding hydrogens is 488 g/mol. The Kier molecular flexibility index (Phi) is 12.7. The number of carbonyl (C=O) groups excluding carboxylic acids is 2. The van der Waals surface area contributed by atoms with Crippen molar-refractivity contribution in [3.05, 3.63) is 107 Å². The molecule has 1 unspecified atom stereocenters. The van der Waals surface area contributed by atoms with E-state index in [0.29, 0.717) is 17.7 Å². The summed E-state index contributed by atoms with van der Waals surface area (Å²) in [6, 6.07) is 8.73. The van der Waals surface area contributed by atoms with Crippen LogP contribution in [-0.4, -0.2) is 41.1 Å². The van der Waals surface area contributed by atoms with E-state index in [2.05, 4.69) is 41.2 Å². The molecule has 0 aliphatic heterocycles. The lowest BCUT2D eigenvalue weighted by molar-refractivity contribution is -0.117. The lowest BCUT2D eigenvalue weighted by Gasteiger charge is -2.21. The fourth-order valence-electron chi connectivity index (χ4n) is 4.11. The summed E-state index contributed by atoms with van der Waals surface area (Å²) in [5.74, 6) is -0.395. The smallest absolute Gasteiger partial charge is 0.287 e. The van der Waals surface area contributed by atoms with E-state index in [1.807, 2.05) is 45.1 Å². The third-order valence-corrected chi connectivity index (χ3v) is 6.59. The summed E-state index contributed by atoms with van der Waals surface area (Å²) in [6.45, 7) is 15.5. The van der Waals surface area contributed by atoms with Crippen molar-refractivity contribution < 1.29 is 14.7 Å². The van der Waals surface area contributed by atoms with Crippen LogP contribution in [0.5, 0.6) is 0 Å². The number of nitrogens with zero attached hydrogens (tertiary/aromatic N) is 2. The van der Waals surface area contributed by atoms with Gasteiger partial charge in [-0.15, -0.1) is 0 Å². The Bertz CT molecular complexity index is 1200. The van der Waals surface area contributed by atoms with Gasteiger partial charge < -0.3 is 15.3 Å². The fraction of sp³-hybridized carbons (Fsp3) is 0.344. The maximum absolute atomic E-state index is 13.1. The Balaban J connectivity index is 2.27. The third kappa shape index (κ3) is 9.93. The van der Waals surface area contributed by atoms with E-state index in [1.54, 1.807) is 42.6 Å². The molecule has 3 N–H and O–H groups in total. The zero-order chi connectivity index (χ0) is 28.8. The standard InChI is InChI=1S/C32H42N4O3/c1-7-28(36(8-2)9-3)20-15-23(4)21-29(34-31(38)27-13-11-10-12-14-27)32(39)35-33-22-26-18-16-24(5)30(37)25(6)17-19-26/h7,10-15,18,20-22,25,37H,1,8-9,16-17,19H2,2-6H3,(H,34,38)(H,35,39)/b23-15+,26-18+,28-20+,29-21+,30-24+,33-22+. The molecule has 2 rings (SSSR count). The first-order chi connectivity index (χ1) is 18.7. The Morgan fingerprint density at radius 3 is 2.51 bits per heavy atom. The first-order valence-corrected chi connectivity index (χ1v) is 13.4. The summed E-state index contributed by atoms with van der Waals surface area (Å²) in [4.78, 5) is 28.1. The second-order valence-electron chi connectivity index (χ2n) is 9.54. The molecule has 1 atom stereocenters. The number of hydrogen-bond donors (Lipinski definition) is 3. The number of amides is 2. The van der Waals surface area contributed by atoms with Gasteiger partial charge in [0.15, 0.2) is 0 Å². The molecule has 0 saturated carbocycles. The highest BCUT2D eigenvalue weighted by molar-refractivity contribution is 6.03. The molecule has 7 heteroatoms. The second-order valence-corrected chi connectivity index (χ2v) is 9.54. The molecule has 0 bridgehead atoms. The zero-order valence-electron chi connectivity index (χ0n) is 23.8. The average Bonchev–Trinajstić information content (AvgIpc) is 2.94. The summed E-state index contributed by atoms with van der Waals surface area (Å²) in [5, 5.41) is 17.1. The molecule has 0 saturated heterocycles. The van der Waals surface area contributed by atoms with Crippen LogP contribution < -0.4 is 10.7 Å². The van der Waals surface area contributed by atoms with Crippen LogP contribution in [0.15, 0.2) is 106 Å². The van der Waals surface area contributed by atoms with E-state index in [1.165, 1.54) is 0 Å². The van der Waals surface area contributed by atoms with Gasteiger partial charge in [0.05, 0.1) is 12.0 Å². The molecule has 0 spiro atoms. The maximum atomic E-state index is 13.1. The first kappa shape index (κ1) is 31.1. The van der Waals surface area contributed by atoms with Gasteiger partial charge in [-0.05, 0) is 94.0 Å². The van der Waals surface area contributed by atoms with Gasteiger partial charge >= 0.3 is 0 Å². The van der Waals surface area contributed by atoms with E-state index >= 15 is 0 Å². The van der Waals surface area contributed by atoms with Crippen LogP contribution >= 0.6 is 0 Å². The highest BCUT2D eigenvalue weighted by Gasteiger charge is 2.16. The van der Waals surface area contributed by atoms with E-state index < -0.39 is 11.8 Å². The molecule has 1 aliphatic carbocycles. The minimum atomic E-state index is -0.534. The molecule has 0 aromatic heterocycles. The summed E-state index contributed by atoms with van der Waals surface area (Å²) in [7, 11) is 0. The number of hydrogen-bond acceptors (Lipinski definition) is 5. The van der Waals surface area contributed by atoms with Gasteiger partial charge in [0.2, 0.25) is 0 Å². The molecular formula is C32H42N4O3. The number of hydrazone groups is 1. The van der Waals surface area contributed by atoms with Crippen molar-refractivity contribution in [2.45, 2.75) is 53.9 Å². The van der Waals surface area contributed by atoms with Gasteiger partial charge in [0.25, 0.3) is 11.8 Å². The SMILES string of the molecule is C=C\C(=C/C=C(C)/C=C(/NC(=O)c1ccccc1)C(=O)N/N=C/C1=C/C/C(C)=C(/O)C(C)CC1)N(CC)CC. The summed E-state index contributed by atoms with van der Waals surface area (Å²) in [5.41, 5.74) is 6.71. The summed E-state index contributed by atoms with van der Waals surface area (Å²) >= 11 is 0. The van der Waals surface area contributed by atoms with Crippen molar-refractivity contribution in [3.8, 4) is 0 Å². The van der Waals surface area contributed by atoms with Crippen LogP contribution in [0.2, 0.25) is 0 Å². The van der Waals surface area contributed by atoms with Crippen molar-refractivity contribution in [2.75, 3.05) is 13.1 Å². The number of benzene rings is 1. The fourth-order valence-corrected chi connectivity index (χ4v) is 4.11. The molecule has 208 valence electrons. The predicted molar refractivity (Wildman–Crippen MR) is 160 cm³/mol. The molecule has 1 aromatic carbocycles. The predicted octanol–water partition coefficient (Wildman–Crippen LogP) is 6.34. The van der Waals surface area contributed by atoms with E-state index in [-0.39, 0.29) is 11.6 Å². The van der Waals surface area contributed by atoms with Gasteiger partial charge in [-0.3, -0.25) is 9.59 Å².